The highest BCUT2D eigenvalue weighted by Gasteiger charge is 1.88. The van der Waals surface area contributed by atoms with E-state index in [4.69, 9.17) is 5.73 Å². The second kappa shape index (κ2) is 8.17. The summed E-state index contributed by atoms with van der Waals surface area (Å²) in [5.74, 6) is 0. The lowest BCUT2D eigenvalue weighted by molar-refractivity contribution is 1.02. The van der Waals surface area contributed by atoms with Gasteiger partial charge in [-0.05, 0) is 24.6 Å². The maximum atomic E-state index is 5.35. The summed E-state index contributed by atoms with van der Waals surface area (Å²) in [7, 11) is 0. The molecule has 76 valence electrons. The van der Waals surface area contributed by atoms with Crippen LogP contribution in [0.1, 0.15) is 5.56 Å². The number of anilines is 1. The molecule has 0 saturated heterocycles. The Bertz CT molecular complexity index is 229. The van der Waals surface area contributed by atoms with E-state index in [0.29, 0.717) is 6.54 Å². The number of aryl methyl sites for hydroxylation is 1. The summed E-state index contributed by atoms with van der Waals surface area (Å²) >= 11 is 0. The molecule has 1 rings (SSSR count). The monoisotopic (exact) mass is 222 g/mol. The molecule has 1 aromatic rings. The fourth-order valence-electron chi connectivity index (χ4n) is 0.972. The lowest BCUT2D eigenvalue weighted by Crippen LogP contribution is -2.12. The average molecular weight is 223 g/mol. The van der Waals surface area contributed by atoms with Crippen LogP contribution in [0.4, 0.5) is 5.69 Å². The number of benzene rings is 1. The summed E-state index contributed by atoms with van der Waals surface area (Å²) in [5.41, 5.74) is 7.77. The highest BCUT2D eigenvalue weighted by molar-refractivity contribution is 5.85. The summed E-state index contributed by atoms with van der Waals surface area (Å²) in [6.45, 7) is 3.59. The molecule has 0 aromatic heterocycles. The second-order valence-corrected chi connectivity index (χ2v) is 2.58. The molecule has 0 heterocycles. The average Bonchev–Trinajstić information content (AvgIpc) is 2.01. The van der Waals surface area contributed by atoms with Gasteiger partial charge in [0.05, 0.1) is 0 Å². The van der Waals surface area contributed by atoms with E-state index in [-0.39, 0.29) is 24.8 Å². The van der Waals surface area contributed by atoms with Gasteiger partial charge < -0.3 is 11.1 Å². The van der Waals surface area contributed by atoms with Crippen LogP contribution in [0.3, 0.4) is 0 Å². The maximum absolute atomic E-state index is 5.35. The van der Waals surface area contributed by atoms with Crippen LogP contribution in [-0.2, 0) is 0 Å². The molecular formula is C9H16Cl2N2. The van der Waals surface area contributed by atoms with Crippen molar-refractivity contribution in [1.82, 2.24) is 0 Å². The SMILES string of the molecule is Cc1cccc(NCCN)c1.Cl.Cl. The van der Waals surface area contributed by atoms with Gasteiger partial charge in [0.1, 0.15) is 0 Å². The standard InChI is InChI=1S/C9H14N2.2ClH/c1-8-3-2-4-9(7-8)11-6-5-10;;/h2-4,7,11H,5-6,10H2,1H3;2*1H. The van der Waals surface area contributed by atoms with Crippen molar-refractivity contribution < 1.29 is 0 Å². The van der Waals surface area contributed by atoms with Crippen molar-refractivity contribution in [2.75, 3.05) is 18.4 Å². The zero-order chi connectivity index (χ0) is 8.10. The van der Waals surface area contributed by atoms with E-state index in [1.54, 1.807) is 0 Å². The predicted molar refractivity (Wildman–Crippen MR) is 63.2 cm³/mol. The van der Waals surface area contributed by atoms with Crippen molar-refractivity contribution >= 4 is 30.5 Å². The first-order chi connectivity index (χ1) is 5.33. The van der Waals surface area contributed by atoms with Crippen LogP contribution < -0.4 is 11.1 Å². The van der Waals surface area contributed by atoms with E-state index in [0.717, 1.165) is 12.2 Å². The molecule has 13 heavy (non-hydrogen) atoms. The number of halogens is 2. The molecule has 0 spiro atoms. The quantitative estimate of drug-likeness (QED) is 0.824. The molecule has 4 heteroatoms. The third-order valence-electron chi connectivity index (χ3n) is 1.49. The Labute approximate surface area is 91.7 Å². The topological polar surface area (TPSA) is 38.0 Å². The van der Waals surface area contributed by atoms with E-state index in [1.165, 1.54) is 5.56 Å². The molecule has 0 aliphatic rings. The second-order valence-electron chi connectivity index (χ2n) is 2.58. The van der Waals surface area contributed by atoms with Gasteiger partial charge in [0.2, 0.25) is 0 Å². The summed E-state index contributed by atoms with van der Waals surface area (Å²) < 4.78 is 0. The van der Waals surface area contributed by atoms with Gasteiger partial charge in [0.25, 0.3) is 0 Å². The van der Waals surface area contributed by atoms with Gasteiger partial charge in [-0.15, -0.1) is 24.8 Å². The molecule has 0 saturated carbocycles. The van der Waals surface area contributed by atoms with Crippen molar-refractivity contribution in [3.63, 3.8) is 0 Å². The Morgan fingerprint density at radius 1 is 1.31 bits per heavy atom. The van der Waals surface area contributed by atoms with Crippen LogP contribution in [0.5, 0.6) is 0 Å². The number of nitrogens with two attached hydrogens (primary N) is 1. The number of nitrogens with one attached hydrogen (secondary N) is 1. The minimum atomic E-state index is 0. The zero-order valence-corrected chi connectivity index (χ0v) is 9.25. The fraction of sp³-hybridized carbons (Fsp3) is 0.333. The molecule has 0 aliphatic heterocycles. The van der Waals surface area contributed by atoms with E-state index in [1.807, 2.05) is 12.1 Å². The van der Waals surface area contributed by atoms with Gasteiger partial charge in [-0.1, -0.05) is 12.1 Å². The van der Waals surface area contributed by atoms with Crippen LogP contribution in [0.2, 0.25) is 0 Å². The predicted octanol–water partition coefficient (Wildman–Crippen LogP) is 2.21. The molecule has 0 aliphatic carbocycles. The van der Waals surface area contributed by atoms with Gasteiger partial charge in [-0.2, -0.15) is 0 Å². The third-order valence-corrected chi connectivity index (χ3v) is 1.49. The lowest BCUT2D eigenvalue weighted by atomic mass is 10.2. The molecule has 0 bridgehead atoms. The molecule has 0 unspecified atom stereocenters. The van der Waals surface area contributed by atoms with E-state index in [9.17, 15) is 0 Å². The Hall–Kier alpha value is -0.440. The van der Waals surface area contributed by atoms with Gasteiger partial charge >= 0.3 is 0 Å². The largest absolute Gasteiger partial charge is 0.384 e. The van der Waals surface area contributed by atoms with Crippen molar-refractivity contribution in [3.8, 4) is 0 Å². The van der Waals surface area contributed by atoms with Crippen LogP contribution in [-0.4, -0.2) is 13.1 Å². The maximum Gasteiger partial charge on any atom is 0.0343 e. The molecule has 0 radical (unpaired) electrons. The Morgan fingerprint density at radius 3 is 2.54 bits per heavy atom. The molecule has 0 fully saturated rings. The first kappa shape index (κ1) is 15.1. The van der Waals surface area contributed by atoms with Crippen LogP contribution in [0.15, 0.2) is 24.3 Å². The number of rotatable bonds is 3. The van der Waals surface area contributed by atoms with E-state index < -0.39 is 0 Å². The van der Waals surface area contributed by atoms with Gasteiger partial charge in [-0.3, -0.25) is 0 Å². The first-order valence-corrected chi connectivity index (χ1v) is 3.83. The molecule has 0 atom stereocenters. The molecule has 1 aromatic carbocycles. The van der Waals surface area contributed by atoms with Crippen LogP contribution in [0, 0.1) is 6.92 Å². The van der Waals surface area contributed by atoms with Crippen LogP contribution >= 0.6 is 24.8 Å². The first-order valence-electron chi connectivity index (χ1n) is 3.83. The summed E-state index contributed by atoms with van der Waals surface area (Å²) in [6.07, 6.45) is 0. The molecular weight excluding hydrogens is 207 g/mol. The van der Waals surface area contributed by atoms with Gasteiger partial charge in [0, 0.05) is 18.8 Å². The van der Waals surface area contributed by atoms with Crippen molar-refractivity contribution in [2.45, 2.75) is 6.92 Å². The van der Waals surface area contributed by atoms with Crippen molar-refractivity contribution in [3.05, 3.63) is 29.8 Å². The summed E-state index contributed by atoms with van der Waals surface area (Å²) in [4.78, 5) is 0. The number of hydrogen-bond donors (Lipinski definition) is 2. The van der Waals surface area contributed by atoms with Crippen molar-refractivity contribution in [2.24, 2.45) is 5.73 Å². The highest BCUT2D eigenvalue weighted by Crippen LogP contribution is 2.08. The van der Waals surface area contributed by atoms with E-state index >= 15 is 0 Å². The highest BCUT2D eigenvalue weighted by atomic mass is 35.5. The molecule has 2 nitrogen and oxygen atoms in total. The summed E-state index contributed by atoms with van der Waals surface area (Å²) in [5, 5.41) is 3.21. The Morgan fingerprint density at radius 2 is 2.00 bits per heavy atom. The smallest absolute Gasteiger partial charge is 0.0343 e. The Balaban J connectivity index is 0. The molecule has 0 amide bonds. The number of hydrogen-bond acceptors (Lipinski definition) is 2. The summed E-state index contributed by atoms with van der Waals surface area (Å²) in [6, 6.07) is 8.26. The van der Waals surface area contributed by atoms with Crippen LogP contribution in [0.25, 0.3) is 0 Å². The minimum Gasteiger partial charge on any atom is -0.384 e. The third kappa shape index (κ3) is 5.75. The lowest BCUT2D eigenvalue weighted by Gasteiger charge is -2.04. The van der Waals surface area contributed by atoms with E-state index in [2.05, 4.69) is 24.4 Å². The normalized spacial score (nSPS) is 8.15. The van der Waals surface area contributed by atoms with Crippen molar-refractivity contribution in [1.29, 1.82) is 0 Å². The Kier molecular flexibility index (Phi) is 9.46. The fourth-order valence-corrected chi connectivity index (χ4v) is 0.972. The van der Waals surface area contributed by atoms with Gasteiger partial charge in [-0.25, -0.2) is 0 Å². The minimum absolute atomic E-state index is 0. The zero-order valence-electron chi connectivity index (χ0n) is 7.62. The molecule has 3 N–H and O–H groups in total. The van der Waals surface area contributed by atoms with Gasteiger partial charge in [0.15, 0.2) is 0 Å².